The van der Waals surface area contributed by atoms with E-state index in [9.17, 15) is 13.2 Å². The van der Waals surface area contributed by atoms with Gasteiger partial charge < -0.3 is 4.74 Å². The van der Waals surface area contributed by atoms with E-state index >= 15 is 0 Å². The number of hydrazone groups is 1. The number of nitrogens with one attached hydrogen (secondary N) is 1. The summed E-state index contributed by atoms with van der Waals surface area (Å²) in [6.45, 7) is 1.84. The van der Waals surface area contributed by atoms with Crippen molar-refractivity contribution in [2.24, 2.45) is 5.10 Å². The van der Waals surface area contributed by atoms with Crippen molar-refractivity contribution in [2.45, 2.75) is 18.4 Å². The Balaban J connectivity index is 1.47. The molecule has 1 N–H and O–H groups in total. The lowest BCUT2D eigenvalue weighted by molar-refractivity contribution is 0.0955. The van der Waals surface area contributed by atoms with E-state index in [1.165, 1.54) is 16.6 Å². The summed E-state index contributed by atoms with van der Waals surface area (Å²) in [4.78, 5) is 17.9. The van der Waals surface area contributed by atoms with Gasteiger partial charge in [0.1, 0.15) is 10.9 Å². The smallest absolute Gasteiger partial charge is 0.273 e. The number of rotatable bonds is 9. The number of sulfonamides is 1. The first-order valence-electron chi connectivity index (χ1n) is 13.1. The second-order valence-electron chi connectivity index (χ2n) is 9.59. The van der Waals surface area contributed by atoms with Crippen LogP contribution in [0.15, 0.2) is 107 Å². The Morgan fingerprint density at radius 2 is 1.70 bits per heavy atom. The molecule has 5 rings (SSSR count). The van der Waals surface area contributed by atoms with E-state index in [2.05, 4.69) is 15.5 Å². The lowest BCUT2D eigenvalue weighted by Crippen LogP contribution is -2.33. The van der Waals surface area contributed by atoms with Crippen molar-refractivity contribution < 1.29 is 17.9 Å². The number of methoxy groups -OCH3 is 1. The van der Waals surface area contributed by atoms with Crippen molar-refractivity contribution in [3.8, 4) is 5.75 Å². The number of carbonyl (C=O) groups is 1. The van der Waals surface area contributed by atoms with Crippen LogP contribution in [0.4, 0.5) is 5.69 Å². The minimum Gasteiger partial charge on any atom is -0.497 e. The highest BCUT2D eigenvalue weighted by molar-refractivity contribution is 7.92. The molecule has 11 heteroatoms. The Morgan fingerprint density at radius 1 is 0.977 bits per heavy atom. The number of para-hydroxylation sites is 1. The highest BCUT2D eigenvalue weighted by atomic mass is 35.5. The number of benzene rings is 4. The topological polar surface area (TPSA) is 101 Å². The van der Waals surface area contributed by atoms with E-state index < -0.39 is 15.9 Å². The molecule has 0 radical (unpaired) electrons. The number of carbonyl (C=O) groups excluding carboxylic acids is 1. The lowest BCUT2D eigenvalue weighted by atomic mass is 10.1. The Labute approximate surface area is 259 Å². The van der Waals surface area contributed by atoms with Gasteiger partial charge in [-0.15, -0.1) is 0 Å². The molecule has 0 spiro atoms. The van der Waals surface area contributed by atoms with Gasteiger partial charge in [-0.2, -0.15) is 5.10 Å². The monoisotopic (exact) mass is 632 g/mol. The maximum Gasteiger partial charge on any atom is 0.273 e. The molecule has 0 saturated heterocycles. The molecule has 1 aromatic heterocycles. The van der Waals surface area contributed by atoms with E-state index in [1.54, 1.807) is 92.0 Å². The van der Waals surface area contributed by atoms with Crippen LogP contribution in [0, 0.1) is 6.92 Å². The van der Waals surface area contributed by atoms with Crippen LogP contribution in [0.1, 0.15) is 27.0 Å². The normalized spacial score (nSPS) is 11.5. The molecule has 43 heavy (non-hydrogen) atoms. The maximum absolute atomic E-state index is 14.0. The van der Waals surface area contributed by atoms with Crippen LogP contribution in [0.3, 0.4) is 0 Å². The molecule has 4 aromatic carbocycles. The van der Waals surface area contributed by atoms with E-state index in [0.29, 0.717) is 27.4 Å². The van der Waals surface area contributed by atoms with Gasteiger partial charge in [-0.3, -0.25) is 9.10 Å². The van der Waals surface area contributed by atoms with Gasteiger partial charge in [-0.25, -0.2) is 18.8 Å². The number of ether oxygens (including phenoxy) is 1. The number of nitrogens with zero attached hydrogens (tertiary/aromatic N) is 3. The first-order valence-corrected chi connectivity index (χ1v) is 15.3. The summed E-state index contributed by atoms with van der Waals surface area (Å²) < 4.78 is 34.4. The van der Waals surface area contributed by atoms with Crippen LogP contribution >= 0.6 is 23.2 Å². The van der Waals surface area contributed by atoms with Crippen molar-refractivity contribution in [3.63, 3.8) is 0 Å². The molecule has 0 fully saturated rings. The summed E-state index contributed by atoms with van der Waals surface area (Å²) in [5.74, 6) is 0.0413. The van der Waals surface area contributed by atoms with Gasteiger partial charge in [-0.05, 0) is 67.1 Å². The molecule has 0 unspecified atom stereocenters. The summed E-state index contributed by atoms with van der Waals surface area (Å²) in [6, 6.07) is 27.0. The minimum absolute atomic E-state index is 0.0376. The van der Waals surface area contributed by atoms with Crippen LogP contribution in [0.25, 0.3) is 10.9 Å². The molecule has 0 aliphatic carbocycles. The van der Waals surface area contributed by atoms with E-state index in [4.69, 9.17) is 27.9 Å². The number of aromatic nitrogens is 1. The quantitative estimate of drug-likeness (QED) is 0.107. The molecule has 0 aliphatic rings. The molecule has 0 atom stereocenters. The minimum atomic E-state index is -4.08. The maximum atomic E-state index is 14.0. The largest absolute Gasteiger partial charge is 0.497 e. The van der Waals surface area contributed by atoms with Crippen molar-refractivity contribution in [1.82, 2.24) is 10.4 Å². The summed E-state index contributed by atoms with van der Waals surface area (Å²) in [6.07, 6.45) is 1.38. The standard InChI is InChI=1S/C32H26Cl2N4O4S/c1-21-7-15-27(16-8-21)43(40,41)38(20-22-9-12-25(33)13-10-22)30-6-4-3-5-28(30)32(39)37-35-19-24-17-23-11-14-26(42-2)18-29(23)36-31(24)34/h3-19H,20H2,1-2H3,(H,37,39)/b35-19+. The van der Waals surface area contributed by atoms with Gasteiger partial charge in [0.2, 0.25) is 0 Å². The fourth-order valence-electron chi connectivity index (χ4n) is 4.35. The number of anilines is 1. The molecule has 0 aliphatic heterocycles. The second-order valence-corrected chi connectivity index (χ2v) is 12.3. The van der Waals surface area contributed by atoms with Crippen LogP contribution < -0.4 is 14.5 Å². The summed E-state index contributed by atoms with van der Waals surface area (Å²) in [5.41, 5.74) is 5.52. The molecule has 1 amide bonds. The average molecular weight is 634 g/mol. The van der Waals surface area contributed by atoms with Crippen molar-refractivity contribution >= 4 is 61.9 Å². The Morgan fingerprint density at radius 3 is 2.42 bits per heavy atom. The Kier molecular flexibility index (Phi) is 8.96. The van der Waals surface area contributed by atoms with Crippen molar-refractivity contribution in [1.29, 1.82) is 0 Å². The first kappa shape index (κ1) is 30.0. The third-order valence-corrected chi connectivity index (χ3v) is 8.97. The third-order valence-electron chi connectivity index (χ3n) is 6.64. The predicted octanol–water partition coefficient (Wildman–Crippen LogP) is 7.02. The van der Waals surface area contributed by atoms with E-state index in [-0.39, 0.29) is 27.8 Å². The van der Waals surface area contributed by atoms with Gasteiger partial charge >= 0.3 is 0 Å². The van der Waals surface area contributed by atoms with Crippen molar-refractivity contribution in [2.75, 3.05) is 11.4 Å². The lowest BCUT2D eigenvalue weighted by Gasteiger charge is -2.26. The number of hydrogen-bond acceptors (Lipinski definition) is 6. The highest BCUT2D eigenvalue weighted by Crippen LogP contribution is 2.30. The number of aryl methyl sites for hydroxylation is 1. The molecule has 8 nitrogen and oxygen atoms in total. The molecular weight excluding hydrogens is 607 g/mol. The fourth-order valence-corrected chi connectivity index (χ4v) is 6.15. The van der Waals surface area contributed by atoms with Gasteiger partial charge in [0, 0.05) is 22.0 Å². The number of pyridine rings is 1. The number of hydrogen-bond donors (Lipinski definition) is 1. The zero-order valence-corrected chi connectivity index (χ0v) is 25.5. The van der Waals surface area contributed by atoms with Gasteiger partial charge in [0.25, 0.3) is 15.9 Å². The SMILES string of the molecule is COc1ccc2cc(/C=N/NC(=O)c3ccccc3N(Cc3ccc(Cl)cc3)S(=O)(=O)c3ccc(C)cc3)c(Cl)nc2c1. The number of fused-ring (bicyclic) bond motifs is 1. The van der Waals surface area contributed by atoms with Gasteiger partial charge in [0.05, 0.1) is 41.5 Å². The number of amides is 1. The Bertz CT molecular complexity index is 1930. The highest BCUT2D eigenvalue weighted by Gasteiger charge is 2.28. The third kappa shape index (κ3) is 6.80. The molecule has 218 valence electrons. The van der Waals surface area contributed by atoms with Crippen LogP contribution in [0.5, 0.6) is 5.75 Å². The van der Waals surface area contributed by atoms with E-state index in [1.807, 2.05) is 13.0 Å². The molecular formula is C32H26Cl2N4O4S. The number of halogens is 2. The van der Waals surface area contributed by atoms with Crippen molar-refractivity contribution in [3.05, 3.63) is 129 Å². The average Bonchev–Trinajstić information content (AvgIpc) is 3.00. The van der Waals surface area contributed by atoms with Crippen LogP contribution in [-0.4, -0.2) is 32.6 Å². The summed E-state index contributed by atoms with van der Waals surface area (Å²) in [5, 5.41) is 5.61. The first-order chi connectivity index (χ1) is 20.7. The van der Waals surface area contributed by atoms with Gasteiger partial charge in [-0.1, -0.05) is 65.2 Å². The predicted molar refractivity (Wildman–Crippen MR) is 171 cm³/mol. The fraction of sp³-hybridized carbons (Fsp3) is 0.0938. The Hall–Kier alpha value is -4.44. The molecule has 0 saturated carbocycles. The second kappa shape index (κ2) is 12.8. The molecule has 5 aromatic rings. The molecule has 1 heterocycles. The van der Waals surface area contributed by atoms with Gasteiger partial charge in [0.15, 0.2) is 0 Å². The zero-order chi connectivity index (χ0) is 30.6. The van der Waals surface area contributed by atoms with Crippen LogP contribution in [-0.2, 0) is 16.6 Å². The molecule has 0 bridgehead atoms. The van der Waals surface area contributed by atoms with E-state index in [0.717, 1.165) is 10.9 Å². The van der Waals surface area contributed by atoms with Crippen LogP contribution in [0.2, 0.25) is 10.2 Å². The summed E-state index contributed by atoms with van der Waals surface area (Å²) >= 11 is 12.4. The zero-order valence-electron chi connectivity index (χ0n) is 23.2. The summed E-state index contributed by atoms with van der Waals surface area (Å²) in [7, 11) is -2.51.